The van der Waals surface area contributed by atoms with Gasteiger partial charge in [0.05, 0.1) is 0 Å². The highest BCUT2D eigenvalue weighted by Crippen LogP contribution is 2.18. The van der Waals surface area contributed by atoms with Crippen LogP contribution in [0, 0.1) is 5.92 Å². The van der Waals surface area contributed by atoms with Crippen LogP contribution in [0.4, 0.5) is 5.00 Å². The molecule has 0 bridgehead atoms. The van der Waals surface area contributed by atoms with Crippen molar-refractivity contribution in [3.63, 3.8) is 0 Å². The molecule has 104 valence electrons. The third kappa shape index (κ3) is 5.29. The smallest absolute Gasteiger partial charge is 0.134 e. The van der Waals surface area contributed by atoms with Crippen molar-refractivity contribution < 1.29 is 0 Å². The second kappa shape index (κ2) is 7.66. The summed E-state index contributed by atoms with van der Waals surface area (Å²) >= 11 is 1.43. The van der Waals surface area contributed by atoms with Gasteiger partial charge in [-0.2, -0.15) is 0 Å². The maximum atomic E-state index is 4.21. The first-order valence-corrected chi connectivity index (χ1v) is 7.16. The van der Waals surface area contributed by atoms with E-state index in [-0.39, 0.29) is 0 Å². The van der Waals surface area contributed by atoms with E-state index in [1.807, 2.05) is 7.05 Å². The summed E-state index contributed by atoms with van der Waals surface area (Å²) in [4.78, 5) is 4.66. The van der Waals surface area contributed by atoms with Gasteiger partial charge in [0.15, 0.2) is 0 Å². The predicted octanol–water partition coefficient (Wildman–Crippen LogP) is 1.60. The average molecular weight is 271 g/mol. The van der Waals surface area contributed by atoms with E-state index in [1.165, 1.54) is 11.5 Å². The number of aromatic nitrogens is 2. The predicted molar refractivity (Wildman–Crippen MR) is 78.1 cm³/mol. The summed E-state index contributed by atoms with van der Waals surface area (Å²) in [5.74, 6) is 0.664. The molecule has 1 rings (SSSR count). The summed E-state index contributed by atoms with van der Waals surface area (Å²) in [6.07, 6.45) is 0. The van der Waals surface area contributed by atoms with Gasteiger partial charge in [0.25, 0.3) is 0 Å². The minimum atomic E-state index is 0.664. The Bertz CT molecular complexity index is 337. The Labute approximate surface area is 114 Å². The van der Waals surface area contributed by atoms with Gasteiger partial charge in [-0.3, -0.25) is 4.90 Å². The molecule has 1 N–H and O–H groups in total. The molecule has 0 aliphatic rings. The first-order chi connectivity index (χ1) is 8.52. The lowest BCUT2D eigenvalue weighted by Crippen LogP contribution is -2.34. The molecule has 0 saturated heterocycles. The van der Waals surface area contributed by atoms with E-state index in [0.29, 0.717) is 5.92 Å². The van der Waals surface area contributed by atoms with Crippen molar-refractivity contribution in [3.05, 3.63) is 5.69 Å². The monoisotopic (exact) mass is 271 g/mol. The van der Waals surface area contributed by atoms with E-state index in [4.69, 9.17) is 0 Å². The SMILES string of the molecule is CNc1snnc1CN(CCN(C)C)CC(C)C. The Morgan fingerprint density at radius 3 is 2.56 bits per heavy atom. The molecule has 0 atom stereocenters. The number of anilines is 1. The first-order valence-electron chi connectivity index (χ1n) is 6.39. The molecule has 0 saturated carbocycles. The number of hydrogen-bond donors (Lipinski definition) is 1. The fourth-order valence-electron chi connectivity index (χ4n) is 1.81. The van der Waals surface area contributed by atoms with E-state index >= 15 is 0 Å². The van der Waals surface area contributed by atoms with Gasteiger partial charge in [-0.05, 0) is 20.0 Å². The molecule has 0 fully saturated rings. The number of hydrogen-bond acceptors (Lipinski definition) is 6. The molecule has 5 nitrogen and oxygen atoms in total. The molecule has 18 heavy (non-hydrogen) atoms. The highest BCUT2D eigenvalue weighted by molar-refractivity contribution is 7.10. The second-order valence-electron chi connectivity index (χ2n) is 5.23. The number of rotatable bonds is 8. The van der Waals surface area contributed by atoms with Gasteiger partial charge in [-0.25, -0.2) is 0 Å². The summed E-state index contributed by atoms with van der Waals surface area (Å²) in [6, 6.07) is 0. The van der Waals surface area contributed by atoms with Crippen molar-refractivity contribution >= 4 is 16.5 Å². The molecular weight excluding hydrogens is 246 g/mol. The van der Waals surface area contributed by atoms with E-state index in [1.54, 1.807) is 0 Å². The molecule has 6 heteroatoms. The van der Waals surface area contributed by atoms with Crippen LogP contribution in [0.2, 0.25) is 0 Å². The third-order valence-corrected chi connectivity index (χ3v) is 3.43. The molecular formula is C12H25N5S. The minimum absolute atomic E-state index is 0.664. The normalized spacial score (nSPS) is 11.8. The lowest BCUT2D eigenvalue weighted by atomic mass is 10.2. The Kier molecular flexibility index (Phi) is 6.52. The Hall–Kier alpha value is -0.720. The summed E-state index contributed by atoms with van der Waals surface area (Å²) in [5, 5.41) is 8.44. The van der Waals surface area contributed by atoms with Gasteiger partial charge in [-0.15, -0.1) is 5.10 Å². The van der Waals surface area contributed by atoms with Crippen molar-refractivity contribution in [2.45, 2.75) is 20.4 Å². The highest BCUT2D eigenvalue weighted by atomic mass is 32.1. The summed E-state index contributed by atoms with van der Waals surface area (Å²) in [7, 11) is 6.14. The van der Waals surface area contributed by atoms with Crippen molar-refractivity contribution in [3.8, 4) is 0 Å². The molecule has 1 aromatic rings. The topological polar surface area (TPSA) is 44.3 Å². The van der Waals surface area contributed by atoms with Crippen LogP contribution in [0.5, 0.6) is 0 Å². The molecule has 0 spiro atoms. The molecule has 1 aromatic heterocycles. The zero-order chi connectivity index (χ0) is 13.5. The Balaban J connectivity index is 2.59. The average Bonchev–Trinajstić information content (AvgIpc) is 2.72. The fraction of sp³-hybridized carbons (Fsp3) is 0.833. The van der Waals surface area contributed by atoms with E-state index < -0.39 is 0 Å². The lowest BCUT2D eigenvalue weighted by Gasteiger charge is -2.25. The van der Waals surface area contributed by atoms with Crippen LogP contribution < -0.4 is 5.32 Å². The van der Waals surface area contributed by atoms with Crippen LogP contribution in [0.3, 0.4) is 0 Å². The summed E-state index contributed by atoms with van der Waals surface area (Å²) in [6.45, 7) is 8.60. The zero-order valence-corrected chi connectivity index (χ0v) is 12.9. The molecule has 1 heterocycles. The van der Waals surface area contributed by atoms with Gasteiger partial charge >= 0.3 is 0 Å². The number of nitrogens with zero attached hydrogens (tertiary/aromatic N) is 4. The van der Waals surface area contributed by atoms with Gasteiger partial charge in [0.2, 0.25) is 0 Å². The largest absolute Gasteiger partial charge is 0.377 e. The molecule has 0 aliphatic heterocycles. The molecule has 0 unspecified atom stereocenters. The van der Waals surface area contributed by atoms with E-state index in [9.17, 15) is 0 Å². The minimum Gasteiger partial charge on any atom is -0.377 e. The maximum absolute atomic E-state index is 4.21. The van der Waals surface area contributed by atoms with Crippen LogP contribution in [0.1, 0.15) is 19.5 Å². The quantitative estimate of drug-likeness (QED) is 0.778. The highest BCUT2D eigenvalue weighted by Gasteiger charge is 2.13. The number of nitrogens with one attached hydrogen (secondary N) is 1. The third-order valence-electron chi connectivity index (χ3n) is 2.64. The van der Waals surface area contributed by atoms with Crippen molar-refractivity contribution in [2.24, 2.45) is 5.92 Å². The summed E-state index contributed by atoms with van der Waals surface area (Å²) < 4.78 is 4.01. The van der Waals surface area contributed by atoms with Crippen LogP contribution in [-0.2, 0) is 6.54 Å². The van der Waals surface area contributed by atoms with Gasteiger partial charge in [-0.1, -0.05) is 18.3 Å². The second-order valence-corrected chi connectivity index (χ2v) is 5.99. The number of likely N-dealkylation sites (N-methyl/N-ethyl adjacent to an activating group) is 1. The van der Waals surface area contributed by atoms with Gasteiger partial charge in [0.1, 0.15) is 10.7 Å². The van der Waals surface area contributed by atoms with Gasteiger partial charge in [0, 0.05) is 44.8 Å². The van der Waals surface area contributed by atoms with Crippen LogP contribution in [0.25, 0.3) is 0 Å². The standard InChI is InChI=1S/C12H25N5S/c1-10(2)8-17(7-6-16(4)5)9-11-12(13-3)18-15-14-11/h10,13H,6-9H2,1-5H3. The van der Waals surface area contributed by atoms with Crippen molar-refractivity contribution in [2.75, 3.05) is 46.1 Å². The molecule has 0 aromatic carbocycles. The van der Waals surface area contributed by atoms with Crippen LogP contribution in [-0.4, -0.2) is 60.2 Å². The zero-order valence-electron chi connectivity index (χ0n) is 12.1. The van der Waals surface area contributed by atoms with Crippen molar-refractivity contribution in [1.82, 2.24) is 19.4 Å². The summed E-state index contributed by atoms with van der Waals surface area (Å²) in [5.41, 5.74) is 1.06. The lowest BCUT2D eigenvalue weighted by molar-refractivity contribution is 0.210. The molecule has 0 amide bonds. The Morgan fingerprint density at radius 2 is 2.00 bits per heavy atom. The Morgan fingerprint density at radius 1 is 1.28 bits per heavy atom. The van der Waals surface area contributed by atoms with Crippen LogP contribution >= 0.6 is 11.5 Å². The van der Waals surface area contributed by atoms with E-state index in [2.05, 4.69) is 52.6 Å². The van der Waals surface area contributed by atoms with Gasteiger partial charge < -0.3 is 10.2 Å². The van der Waals surface area contributed by atoms with E-state index in [0.717, 1.165) is 36.9 Å². The maximum Gasteiger partial charge on any atom is 0.134 e. The molecule has 0 radical (unpaired) electrons. The van der Waals surface area contributed by atoms with Crippen molar-refractivity contribution in [1.29, 1.82) is 0 Å². The first kappa shape index (κ1) is 15.3. The fourth-order valence-corrected chi connectivity index (χ4v) is 2.33. The van der Waals surface area contributed by atoms with Crippen LogP contribution in [0.15, 0.2) is 0 Å². The molecule has 0 aliphatic carbocycles.